The zero-order valence-corrected chi connectivity index (χ0v) is 20.6. The average Bonchev–Trinajstić information content (AvgIpc) is 2.98. The summed E-state index contributed by atoms with van der Waals surface area (Å²) < 4.78 is 32.7. The van der Waals surface area contributed by atoms with Crippen LogP contribution >= 0.6 is 0 Å². The molecule has 1 heterocycles. The van der Waals surface area contributed by atoms with E-state index < -0.39 is 15.9 Å². The lowest BCUT2D eigenvalue weighted by atomic mass is 10.1. The monoisotopic (exact) mass is 493 g/mol. The van der Waals surface area contributed by atoms with E-state index in [1.54, 1.807) is 43.0 Å². The highest BCUT2D eigenvalue weighted by Gasteiger charge is 2.27. The van der Waals surface area contributed by atoms with Gasteiger partial charge in [-0.3, -0.25) is 9.59 Å². The Morgan fingerprint density at radius 2 is 1.63 bits per heavy atom. The van der Waals surface area contributed by atoms with Gasteiger partial charge in [-0.25, -0.2) is 8.42 Å². The van der Waals surface area contributed by atoms with Gasteiger partial charge >= 0.3 is 0 Å². The number of carbonyl (C=O) groups excluding carboxylic acids is 2. The number of carbonyl (C=O) groups is 2. The number of ether oxygens (including phenoxy) is 1. The van der Waals surface area contributed by atoms with Gasteiger partial charge in [0.1, 0.15) is 5.75 Å². The van der Waals surface area contributed by atoms with Crippen molar-refractivity contribution in [3.63, 3.8) is 0 Å². The lowest BCUT2D eigenvalue weighted by Crippen LogP contribution is -2.30. The zero-order valence-electron chi connectivity index (χ0n) is 19.8. The molecule has 0 radical (unpaired) electrons. The van der Waals surface area contributed by atoms with Gasteiger partial charge in [-0.2, -0.15) is 4.31 Å². The molecule has 0 unspecified atom stereocenters. The van der Waals surface area contributed by atoms with E-state index in [4.69, 9.17) is 4.74 Å². The highest BCUT2D eigenvalue weighted by Crippen LogP contribution is 2.39. The van der Waals surface area contributed by atoms with Crippen molar-refractivity contribution in [2.45, 2.75) is 25.7 Å². The fourth-order valence-electron chi connectivity index (χ4n) is 4.01. The van der Waals surface area contributed by atoms with Crippen molar-refractivity contribution in [2.75, 3.05) is 29.9 Å². The summed E-state index contributed by atoms with van der Waals surface area (Å²) in [6.07, 6.45) is 0. The standard InChI is InChI=1S/C26H27N3O5S/c1-4-28(5-2)35(32,33)20-14-11-18(12-15-20)25(30)27-19-13-16-23-21(17-19)26(31)29(6-3)22-9-7-8-10-24(22)34-23/h7-17H,4-6H2,1-3H3,(H,27,30). The summed E-state index contributed by atoms with van der Waals surface area (Å²) in [5.41, 5.74) is 1.74. The summed E-state index contributed by atoms with van der Waals surface area (Å²) in [5, 5.41) is 2.78. The van der Waals surface area contributed by atoms with Gasteiger partial charge in [0.2, 0.25) is 10.0 Å². The molecule has 1 N–H and O–H groups in total. The van der Waals surface area contributed by atoms with Gasteiger partial charge in [0.05, 0.1) is 16.1 Å². The van der Waals surface area contributed by atoms with Crippen LogP contribution in [0.3, 0.4) is 0 Å². The number of hydrogen-bond donors (Lipinski definition) is 1. The highest BCUT2D eigenvalue weighted by atomic mass is 32.2. The van der Waals surface area contributed by atoms with Gasteiger partial charge in [-0.05, 0) is 61.5 Å². The number of amides is 2. The molecule has 35 heavy (non-hydrogen) atoms. The van der Waals surface area contributed by atoms with Crippen LogP contribution < -0.4 is 15.0 Å². The van der Waals surface area contributed by atoms with Crippen molar-refractivity contribution in [1.29, 1.82) is 0 Å². The van der Waals surface area contributed by atoms with E-state index >= 15 is 0 Å². The summed E-state index contributed by atoms with van der Waals surface area (Å²) >= 11 is 0. The third kappa shape index (κ3) is 4.65. The highest BCUT2D eigenvalue weighted by molar-refractivity contribution is 7.89. The fraction of sp³-hybridized carbons (Fsp3) is 0.231. The normalized spacial score (nSPS) is 13.0. The van der Waals surface area contributed by atoms with Crippen LogP contribution in [-0.2, 0) is 10.0 Å². The minimum absolute atomic E-state index is 0.129. The first kappa shape index (κ1) is 24.4. The Labute approximate surface area is 205 Å². The number of nitrogens with zero attached hydrogens (tertiary/aromatic N) is 2. The quantitative estimate of drug-likeness (QED) is 0.513. The molecular weight excluding hydrogens is 466 g/mol. The fourth-order valence-corrected chi connectivity index (χ4v) is 5.47. The van der Waals surface area contributed by atoms with E-state index in [1.807, 2.05) is 25.1 Å². The smallest absolute Gasteiger partial charge is 0.262 e. The van der Waals surface area contributed by atoms with Crippen LogP contribution in [0.15, 0.2) is 71.6 Å². The summed E-state index contributed by atoms with van der Waals surface area (Å²) in [6, 6.07) is 18.0. The predicted molar refractivity (Wildman–Crippen MR) is 135 cm³/mol. The van der Waals surface area contributed by atoms with E-state index in [2.05, 4.69) is 5.32 Å². The van der Waals surface area contributed by atoms with E-state index in [0.717, 1.165) is 0 Å². The molecule has 3 aromatic carbocycles. The maximum Gasteiger partial charge on any atom is 0.262 e. The van der Waals surface area contributed by atoms with E-state index in [1.165, 1.54) is 28.6 Å². The molecule has 1 aliphatic heterocycles. The molecule has 0 bridgehead atoms. The molecule has 0 spiro atoms. The van der Waals surface area contributed by atoms with Gasteiger partial charge < -0.3 is 15.0 Å². The molecule has 0 aliphatic carbocycles. The summed E-state index contributed by atoms with van der Waals surface area (Å²) in [6.45, 7) is 6.62. The summed E-state index contributed by atoms with van der Waals surface area (Å²) in [4.78, 5) is 27.8. The number of rotatable bonds is 7. The van der Waals surface area contributed by atoms with Crippen LogP contribution in [0.25, 0.3) is 0 Å². The number of anilines is 2. The summed E-state index contributed by atoms with van der Waals surface area (Å²) in [7, 11) is -3.61. The summed E-state index contributed by atoms with van der Waals surface area (Å²) in [5.74, 6) is 0.337. The van der Waals surface area contributed by atoms with E-state index in [-0.39, 0.29) is 10.8 Å². The van der Waals surface area contributed by atoms with Crippen molar-refractivity contribution < 1.29 is 22.7 Å². The van der Waals surface area contributed by atoms with Gasteiger partial charge in [-0.15, -0.1) is 0 Å². The number of hydrogen-bond acceptors (Lipinski definition) is 5. The first-order chi connectivity index (χ1) is 16.8. The third-order valence-electron chi connectivity index (χ3n) is 5.86. The van der Waals surface area contributed by atoms with Crippen LogP contribution in [-0.4, -0.2) is 44.2 Å². The molecule has 182 valence electrons. The molecule has 1 aliphatic rings. The van der Waals surface area contributed by atoms with Crippen molar-refractivity contribution >= 4 is 33.2 Å². The number of fused-ring (bicyclic) bond motifs is 2. The molecule has 0 fully saturated rings. The number of nitrogens with one attached hydrogen (secondary N) is 1. The van der Waals surface area contributed by atoms with Gasteiger partial charge in [0.15, 0.2) is 5.75 Å². The topological polar surface area (TPSA) is 96.0 Å². The Kier molecular flexibility index (Phi) is 6.90. The second-order valence-electron chi connectivity index (χ2n) is 7.90. The predicted octanol–water partition coefficient (Wildman–Crippen LogP) is 4.74. The van der Waals surface area contributed by atoms with Crippen LogP contribution in [0.4, 0.5) is 11.4 Å². The van der Waals surface area contributed by atoms with Crippen molar-refractivity contribution in [1.82, 2.24) is 4.31 Å². The largest absolute Gasteiger partial charge is 0.454 e. The Hall–Kier alpha value is -3.69. The Balaban J connectivity index is 1.57. The molecule has 2 amide bonds. The van der Waals surface area contributed by atoms with E-state index in [9.17, 15) is 18.0 Å². The first-order valence-corrected chi connectivity index (χ1v) is 12.9. The molecule has 4 rings (SSSR count). The lowest BCUT2D eigenvalue weighted by molar-refractivity contribution is 0.0985. The molecule has 9 heteroatoms. The SMILES string of the molecule is CCN1C(=O)c2cc(NC(=O)c3ccc(S(=O)(=O)N(CC)CC)cc3)ccc2Oc2ccccc21. The molecule has 0 saturated carbocycles. The molecule has 0 aromatic heterocycles. The number of para-hydroxylation sites is 2. The Bertz CT molecular complexity index is 1370. The van der Waals surface area contributed by atoms with Crippen molar-refractivity contribution in [3.8, 4) is 11.5 Å². The maximum absolute atomic E-state index is 13.2. The second kappa shape index (κ2) is 9.89. The molecule has 0 atom stereocenters. The molecule has 8 nitrogen and oxygen atoms in total. The van der Waals surface area contributed by atoms with Crippen LogP contribution in [0.5, 0.6) is 11.5 Å². The third-order valence-corrected chi connectivity index (χ3v) is 7.93. The van der Waals surface area contributed by atoms with E-state index in [0.29, 0.717) is 53.6 Å². The van der Waals surface area contributed by atoms with Gasteiger partial charge in [-0.1, -0.05) is 26.0 Å². The van der Waals surface area contributed by atoms with Gasteiger partial charge in [0, 0.05) is 30.9 Å². The van der Waals surface area contributed by atoms with Gasteiger partial charge in [0.25, 0.3) is 11.8 Å². The first-order valence-electron chi connectivity index (χ1n) is 11.4. The molecular formula is C26H27N3O5S. The van der Waals surface area contributed by atoms with Crippen molar-refractivity contribution in [2.24, 2.45) is 0 Å². The lowest BCUT2D eigenvalue weighted by Gasteiger charge is -2.20. The number of benzene rings is 3. The second-order valence-corrected chi connectivity index (χ2v) is 9.84. The minimum atomic E-state index is -3.61. The van der Waals surface area contributed by atoms with Crippen LogP contribution in [0, 0.1) is 0 Å². The maximum atomic E-state index is 13.2. The van der Waals surface area contributed by atoms with Crippen LogP contribution in [0.2, 0.25) is 0 Å². The average molecular weight is 494 g/mol. The Morgan fingerprint density at radius 1 is 0.943 bits per heavy atom. The molecule has 3 aromatic rings. The minimum Gasteiger partial charge on any atom is -0.454 e. The Morgan fingerprint density at radius 3 is 2.29 bits per heavy atom. The molecule has 0 saturated heterocycles. The van der Waals surface area contributed by atoms with Crippen molar-refractivity contribution in [3.05, 3.63) is 77.9 Å². The van der Waals surface area contributed by atoms with Crippen LogP contribution in [0.1, 0.15) is 41.5 Å². The number of sulfonamides is 1. The zero-order chi connectivity index (χ0) is 25.2.